The summed E-state index contributed by atoms with van der Waals surface area (Å²) < 4.78 is 0. The number of hydrogen-bond acceptors (Lipinski definition) is 3. The van der Waals surface area contributed by atoms with E-state index in [1.165, 1.54) is 31.2 Å². The van der Waals surface area contributed by atoms with Crippen molar-refractivity contribution in [3.63, 3.8) is 0 Å². The average Bonchev–Trinajstić information content (AvgIpc) is 2.28. The van der Waals surface area contributed by atoms with Crippen molar-refractivity contribution in [2.45, 2.75) is 59.4 Å². The van der Waals surface area contributed by atoms with E-state index in [1.807, 2.05) is 6.92 Å². The Bertz CT molecular complexity index is 393. The number of aryl methyl sites for hydroxylation is 2. The predicted molar refractivity (Wildman–Crippen MR) is 71.3 cm³/mol. The van der Waals surface area contributed by atoms with Crippen LogP contribution in [0, 0.1) is 26.7 Å². The lowest BCUT2D eigenvalue weighted by molar-refractivity contribution is 0.360. The fourth-order valence-corrected chi connectivity index (χ4v) is 2.51. The van der Waals surface area contributed by atoms with Crippen molar-refractivity contribution in [2.75, 3.05) is 5.32 Å². The Labute approximate surface area is 104 Å². The third-order valence-electron chi connectivity index (χ3n) is 3.86. The van der Waals surface area contributed by atoms with Gasteiger partial charge >= 0.3 is 0 Å². The second-order valence-electron chi connectivity index (χ2n) is 5.43. The van der Waals surface area contributed by atoms with E-state index in [9.17, 15) is 0 Å². The van der Waals surface area contributed by atoms with Crippen molar-refractivity contribution in [3.8, 4) is 0 Å². The highest BCUT2D eigenvalue weighted by Crippen LogP contribution is 2.26. The Kier molecular flexibility index (Phi) is 3.65. The van der Waals surface area contributed by atoms with Crippen molar-refractivity contribution < 1.29 is 0 Å². The van der Waals surface area contributed by atoms with Gasteiger partial charge in [0.25, 0.3) is 0 Å². The van der Waals surface area contributed by atoms with E-state index in [2.05, 4.69) is 36.1 Å². The zero-order valence-corrected chi connectivity index (χ0v) is 11.4. The molecule has 1 N–H and O–H groups in total. The van der Waals surface area contributed by atoms with E-state index >= 15 is 0 Å². The second kappa shape index (κ2) is 5.03. The van der Waals surface area contributed by atoms with Gasteiger partial charge < -0.3 is 5.32 Å². The maximum atomic E-state index is 4.52. The maximum Gasteiger partial charge on any atom is 0.133 e. The summed E-state index contributed by atoms with van der Waals surface area (Å²) >= 11 is 0. The van der Waals surface area contributed by atoms with E-state index in [-0.39, 0.29) is 0 Å². The van der Waals surface area contributed by atoms with E-state index in [0.717, 1.165) is 23.3 Å². The number of rotatable bonds is 2. The average molecular weight is 233 g/mol. The van der Waals surface area contributed by atoms with E-state index in [0.29, 0.717) is 6.04 Å². The van der Waals surface area contributed by atoms with Crippen LogP contribution in [0.15, 0.2) is 0 Å². The molecule has 0 atom stereocenters. The molecule has 1 fully saturated rings. The highest BCUT2D eigenvalue weighted by atomic mass is 15.1. The largest absolute Gasteiger partial charge is 0.367 e. The highest BCUT2D eigenvalue weighted by molar-refractivity contribution is 5.46. The molecule has 3 nitrogen and oxygen atoms in total. The van der Waals surface area contributed by atoms with E-state index in [4.69, 9.17) is 0 Å². The van der Waals surface area contributed by atoms with Gasteiger partial charge in [-0.05, 0) is 52.4 Å². The maximum absolute atomic E-state index is 4.52. The van der Waals surface area contributed by atoms with Crippen molar-refractivity contribution >= 4 is 5.82 Å². The summed E-state index contributed by atoms with van der Waals surface area (Å²) in [6.07, 6.45) is 5.20. The molecule has 0 saturated heterocycles. The molecule has 0 amide bonds. The first-order chi connectivity index (χ1) is 8.06. The molecule has 0 radical (unpaired) electrons. The zero-order chi connectivity index (χ0) is 12.4. The number of nitrogens with zero attached hydrogens (tertiary/aromatic N) is 2. The SMILES string of the molecule is Cc1nc(C)c(C)c(NC2CCC(C)CC2)n1. The first-order valence-electron chi connectivity index (χ1n) is 6.64. The van der Waals surface area contributed by atoms with Crippen molar-refractivity contribution in [3.05, 3.63) is 17.1 Å². The number of anilines is 1. The zero-order valence-electron chi connectivity index (χ0n) is 11.4. The van der Waals surface area contributed by atoms with Crippen LogP contribution < -0.4 is 5.32 Å². The van der Waals surface area contributed by atoms with Crippen LogP contribution in [0.3, 0.4) is 0 Å². The van der Waals surface area contributed by atoms with Gasteiger partial charge in [0.2, 0.25) is 0 Å². The Hall–Kier alpha value is -1.12. The van der Waals surface area contributed by atoms with Crippen LogP contribution in [0.4, 0.5) is 5.82 Å². The molecule has 0 spiro atoms. The summed E-state index contributed by atoms with van der Waals surface area (Å²) in [6, 6.07) is 0.596. The lowest BCUT2D eigenvalue weighted by Crippen LogP contribution is -2.26. The molecule has 0 unspecified atom stereocenters. The summed E-state index contributed by atoms with van der Waals surface area (Å²) in [4.78, 5) is 8.91. The Morgan fingerprint density at radius 3 is 2.29 bits per heavy atom. The molecule has 1 aliphatic rings. The number of aromatic nitrogens is 2. The fourth-order valence-electron chi connectivity index (χ4n) is 2.51. The summed E-state index contributed by atoms with van der Waals surface area (Å²) in [5.41, 5.74) is 2.28. The molecule has 0 bridgehead atoms. The standard InChI is InChI=1S/C14H23N3/c1-9-5-7-13(8-6-9)17-14-10(2)11(3)15-12(4)16-14/h9,13H,5-8H2,1-4H3,(H,15,16,17). The van der Waals surface area contributed by atoms with Gasteiger partial charge in [0.1, 0.15) is 11.6 Å². The second-order valence-corrected chi connectivity index (χ2v) is 5.43. The van der Waals surface area contributed by atoms with E-state index < -0.39 is 0 Å². The molecule has 1 aromatic heterocycles. The molecule has 2 rings (SSSR count). The highest BCUT2D eigenvalue weighted by Gasteiger charge is 2.19. The molecular weight excluding hydrogens is 210 g/mol. The van der Waals surface area contributed by atoms with Crippen LogP contribution in [0.25, 0.3) is 0 Å². The summed E-state index contributed by atoms with van der Waals surface area (Å²) in [5, 5.41) is 3.60. The third-order valence-corrected chi connectivity index (χ3v) is 3.86. The smallest absolute Gasteiger partial charge is 0.133 e. The van der Waals surface area contributed by atoms with Gasteiger partial charge in [0.05, 0.1) is 0 Å². The molecule has 94 valence electrons. The minimum Gasteiger partial charge on any atom is -0.367 e. The Balaban J connectivity index is 2.08. The minimum atomic E-state index is 0.596. The molecule has 0 aliphatic heterocycles. The van der Waals surface area contributed by atoms with Gasteiger partial charge in [-0.2, -0.15) is 0 Å². The van der Waals surface area contributed by atoms with Crippen LogP contribution >= 0.6 is 0 Å². The normalized spacial score (nSPS) is 24.7. The van der Waals surface area contributed by atoms with Crippen LogP contribution in [0.5, 0.6) is 0 Å². The fraction of sp³-hybridized carbons (Fsp3) is 0.714. The predicted octanol–water partition coefficient (Wildman–Crippen LogP) is 3.39. The first-order valence-corrected chi connectivity index (χ1v) is 6.64. The van der Waals surface area contributed by atoms with Crippen LogP contribution in [0.1, 0.15) is 49.7 Å². The number of hydrogen-bond donors (Lipinski definition) is 1. The lowest BCUT2D eigenvalue weighted by atomic mass is 9.87. The Morgan fingerprint density at radius 2 is 1.65 bits per heavy atom. The summed E-state index contributed by atoms with van der Waals surface area (Å²) in [5.74, 6) is 2.79. The van der Waals surface area contributed by atoms with Gasteiger partial charge in [-0.1, -0.05) is 6.92 Å². The molecule has 1 saturated carbocycles. The van der Waals surface area contributed by atoms with Crippen LogP contribution in [-0.4, -0.2) is 16.0 Å². The van der Waals surface area contributed by atoms with Crippen molar-refractivity contribution in [1.82, 2.24) is 9.97 Å². The van der Waals surface area contributed by atoms with Crippen LogP contribution in [0.2, 0.25) is 0 Å². The van der Waals surface area contributed by atoms with Gasteiger partial charge in [-0.25, -0.2) is 9.97 Å². The summed E-state index contributed by atoms with van der Waals surface area (Å²) in [6.45, 7) is 8.46. The molecule has 1 heterocycles. The topological polar surface area (TPSA) is 37.8 Å². The van der Waals surface area contributed by atoms with Gasteiger partial charge in [0, 0.05) is 17.3 Å². The van der Waals surface area contributed by atoms with Crippen molar-refractivity contribution in [2.24, 2.45) is 5.92 Å². The van der Waals surface area contributed by atoms with Gasteiger partial charge in [-0.15, -0.1) is 0 Å². The third kappa shape index (κ3) is 2.96. The molecule has 0 aromatic carbocycles. The van der Waals surface area contributed by atoms with Gasteiger partial charge in [-0.3, -0.25) is 0 Å². The molecule has 17 heavy (non-hydrogen) atoms. The number of nitrogens with one attached hydrogen (secondary N) is 1. The molecular formula is C14H23N3. The lowest BCUT2D eigenvalue weighted by Gasteiger charge is -2.28. The molecule has 1 aliphatic carbocycles. The van der Waals surface area contributed by atoms with E-state index in [1.54, 1.807) is 0 Å². The van der Waals surface area contributed by atoms with Crippen LogP contribution in [-0.2, 0) is 0 Å². The molecule has 3 heteroatoms. The van der Waals surface area contributed by atoms with Gasteiger partial charge in [0.15, 0.2) is 0 Å². The monoisotopic (exact) mass is 233 g/mol. The van der Waals surface area contributed by atoms with Crippen molar-refractivity contribution in [1.29, 1.82) is 0 Å². The minimum absolute atomic E-state index is 0.596. The molecule has 1 aromatic rings. The summed E-state index contributed by atoms with van der Waals surface area (Å²) in [7, 11) is 0. The Morgan fingerprint density at radius 1 is 1.00 bits per heavy atom. The quantitative estimate of drug-likeness (QED) is 0.850. The first kappa shape index (κ1) is 12.3.